The zero-order valence-electron chi connectivity index (χ0n) is 30.5. The van der Waals surface area contributed by atoms with E-state index in [1.165, 1.54) is 51.4 Å². The van der Waals surface area contributed by atoms with Crippen LogP contribution in [0.5, 0.6) is 0 Å². The largest absolute Gasteiger partial charge is 0.756 e. The van der Waals surface area contributed by atoms with E-state index < -0.39 is 26.6 Å². The van der Waals surface area contributed by atoms with Crippen molar-refractivity contribution in [1.29, 1.82) is 0 Å². The van der Waals surface area contributed by atoms with Gasteiger partial charge in [-0.25, -0.2) is 0 Å². The lowest BCUT2D eigenvalue weighted by Crippen LogP contribution is -2.45. The van der Waals surface area contributed by atoms with Crippen molar-refractivity contribution in [2.45, 2.75) is 135 Å². The van der Waals surface area contributed by atoms with Gasteiger partial charge in [-0.15, -0.1) is 0 Å². The minimum absolute atomic E-state index is 0.0208. The molecule has 9 heteroatoms. The molecular formula is C38H69N2O6P. The van der Waals surface area contributed by atoms with Crippen molar-refractivity contribution in [2.24, 2.45) is 0 Å². The first kappa shape index (κ1) is 45.2. The van der Waals surface area contributed by atoms with Crippen LogP contribution in [-0.2, 0) is 18.4 Å². The number of hydrogen-bond acceptors (Lipinski definition) is 6. The molecule has 0 aliphatic heterocycles. The third kappa shape index (κ3) is 32.5. The van der Waals surface area contributed by atoms with Crippen LogP contribution < -0.4 is 10.2 Å². The van der Waals surface area contributed by atoms with Gasteiger partial charge in [0.25, 0.3) is 7.82 Å². The molecule has 0 aromatic heterocycles. The summed E-state index contributed by atoms with van der Waals surface area (Å²) in [5.41, 5.74) is 0. The molecule has 0 heterocycles. The minimum Gasteiger partial charge on any atom is -0.756 e. The fourth-order valence-corrected chi connectivity index (χ4v) is 5.17. The van der Waals surface area contributed by atoms with Gasteiger partial charge in [0.05, 0.1) is 39.9 Å². The molecule has 0 bridgehead atoms. The third-order valence-electron chi connectivity index (χ3n) is 7.44. The SMILES string of the molecule is CCCC/C=C/CC/C=C/CC/C=C/C(O)C(COP(=O)([O-])OCC[N+](C)(C)C)NC(=O)CC/C=C\C/C=C\CCCCCCCC. The number of rotatable bonds is 31. The molecule has 3 unspecified atom stereocenters. The monoisotopic (exact) mass is 680 g/mol. The molecule has 0 rings (SSSR count). The predicted octanol–water partition coefficient (Wildman–Crippen LogP) is 8.49. The number of carbonyl (C=O) groups excluding carboxylic acids is 1. The third-order valence-corrected chi connectivity index (χ3v) is 8.41. The van der Waals surface area contributed by atoms with Gasteiger partial charge in [-0.2, -0.15) is 0 Å². The van der Waals surface area contributed by atoms with Gasteiger partial charge in [0.1, 0.15) is 13.2 Å². The maximum atomic E-state index is 12.7. The Bertz CT molecular complexity index is 954. The van der Waals surface area contributed by atoms with E-state index in [1.54, 1.807) is 6.08 Å². The fraction of sp³-hybridized carbons (Fsp3) is 0.711. The van der Waals surface area contributed by atoms with E-state index >= 15 is 0 Å². The van der Waals surface area contributed by atoms with Crippen LogP contribution in [-0.4, -0.2) is 68.5 Å². The van der Waals surface area contributed by atoms with Crippen LogP contribution in [0.1, 0.15) is 123 Å². The molecule has 8 nitrogen and oxygen atoms in total. The van der Waals surface area contributed by atoms with Gasteiger partial charge in [0.15, 0.2) is 0 Å². The Kier molecular flexibility index (Phi) is 29.1. The summed E-state index contributed by atoms with van der Waals surface area (Å²) in [5, 5.41) is 13.6. The molecule has 2 N–H and O–H groups in total. The maximum absolute atomic E-state index is 12.7. The molecule has 0 spiro atoms. The number of hydrogen-bond donors (Lipinski definition) is 2. The van der Waals surface area contributed by atoms with Gasteiger partial charge in [-0.3, -0.25) is 9.36 Å². The molecule has 0 aliphatic rings. The van der Waals surface area contributed by atoms with Gasteiger partial charge in [0, 0.05) is 6.42 Å². The first-order valence-corrected chi connectivity index (χ1v) is 19.6. The fourth-order valence-electron chi connectivity index (χ4n) is 4.45. The average molecular weight is 681 g/mol. The van der Waals surface area contributed by atoms with Crippen LogP contribution in [0.15, 0.2) is 60.8 Å². The Hall–Kier alpha value is -1.80. The Morgan fingerprint density at radius 2 is 1.28 bits per heavy atom. The molecule has 1 amide bonds. The molecule has 0 saturated carbocycles. The molecule has 0 aromatic rings. The topological polar surface area (TPSA) is 108 Å². The van der Waals surface area contributed by atoms with Crippen molar-refractivity contribution in [1.82, 2.24) is 5.32 Å². The zero-order valence-corrected chi connectivity index (χ0v) is 31.3. The second kappa shape index (κ2) is 30.3. The highest BCUT2D eigenvalue weighted by atomic mass is 31.2. The number of aliphatic hydroxyl groups is 1. The van der Waals surface area contributed by atoms with Gasteiger partial charge in [-0.1, -0.05) is 120 Å². The summed E-state index contributed by atoms with van der Waals surface area (Å²) >= 11 is 0. The second-order valence-corrected chi connectivity index (χ2v) is 14.6. The Labute approximate surface area is 288 Å². The summed E-state index contributed by atoms with van der Waals surface area (Å²) in [4.78, 5) is 25.0. The van der Waals surface area contributed by atoms with E-state index in [9.17, 15) is 19.4 Å². The van der Waals surface area contributed by atoms with E-state index in [0.717, 1.165) is 38.5 Å². The number of quaternary nitrogens is 1. The first-order chi connectivity index (χ1) is 22.5. The van der Waals surface area contributed by atoms with E-state index in [0.29, 0.717) is 23.9 Å². The molecule has 3 atom stereocenters. The van der Waals surface area contributed by atoms with Gasteiger partial charge < -0.3 is 28.8 Å². The van der Waals surface area contributed by atoms with Crippen molar-refractivity contribution in [2.75, 3.05) is 40.9 Å². The highest BCUT2D eigenvalue weighted by molar-refractivity contribution is 7.45. The normalized spacial score (nSPS) is 15.5. The smallest absolute Gasteiger partial charge is 0.268 e. The van der Waals surface area contributed by atoms with Crippen molar-refractivity contribution in [3.05, 3.63) is 60.8 Å². The van der Waals surface area contributed by atoms with Crippen LogP contribution in [0.3, 0.4) is 0 Å². The summed E-state index contributed by atoms with van der Waals surface area (Å²) in [6.07, 6.45) is 37.1. The van der Waals surface area contributed by atoms with E-state index in [4.69, 9.17) is 9.05 Å². The van der Waals surface area contributed by atoms with Crippen LogP contribution in [0.25, 0.3) is 0 Å². The van der Waals surface area contributed by atoms with Crippen molar-refractivity contribution < 1.29 is 32.9 Å². The lowest BCUT2D eigenvalue weighted by atomic mass is 10.1. The molecule has 0 radical (unpaired) electrons. The van der Waals surface area contributed by atoms with Crippen molar-refractivity contribution >= 4 is 13.7 Å². The number of aliphatic hydroxyl groups excluding tert-OH is 1. The van der Waals surface area contributed by atoms with Crippen molar-refractivity contribution in [3.8, 4) is 0 Å². The number of amides is 1. The number of likely N-dealkylation sites (N-methyl/N-ethyl adjacent to an activating group) is 1. The molecule has 0 saturated heterocycles. The lowest BCUT2D eigenvalue weighted by molar-refractivity contribution is -0.870. The van der Waals surface area contributed by atoms with Crippen LogP contribution >= 0.6 is 7.82 Å². The number of phosphoric ester groups is 1. The maximum Gasteiger partial charge on any atom is 0.268 e. The average Bonchev–Trinajstić information content (AvgIpc) is 3.01. The zero-order chi connectivity index (χ0) is 35.1. The quantitative estimate of drug-likeness (QED) is 0.0329. The summed E-state index contributed by atoms with van der Waals surface area (Å²) < 4.78 is 23.0. The highest BCUT2D eigenvalue weighted by Gasteiger charge is 2.23. The predicted molar refractivity (Wildman–Crippen MR) is 196 cm³/mol. The van der Waals surface area contributed by atoms with Crippen LogP contribution in [0.2, 0.25) is 0 Å². The lowest BCUT2D eigenvalue weighted by Gasteiger charge is -2.29. The molecule has 0 fully saturated rings. The summed E-state index contributed by atoms with van der Waals surface area (Å²) in [5.74, 6) is -0.285. The molecular weight excluding hydrogens is 611 g/mol. The number of allylic oxidation sites excluding steroid dienone is 9. The highest BCUT2D eigenvalue weighted by Crippen LogP contribution is 2.38. The summed E-state index contributed by atoms with van der Waals surface area (Å²) in [7, 11) is 1.19. The van der Waals surface area contributed by atoms with Crippen LogP contribution in [0, 0.1) is 0 Å². The molecule has 272 valence electrons. The number of unbranched alkanes of at least 4 members (excludes halogenated alkanes) is 10. The number of carbonyl (C=O) groups is 1. The minimum atomic E-state index is -4.60. The first-order valence-electron chi connectivity index (χ1n) is 18.2. The Morgan fingerprint density at radius 1 is 0.745 bits per heavy atom. The second-order valence-electron chi connectivity index (χ2n) is 13.2. The molecule has 47 heavy (non-hydrogen) atoms. The van der Waals surface area contributed by atoms with Gasteiger partial charge >= 0.3 is 0 Å². The summed E-state index contributed by atoms with van der Waals surface area (Å²) in [6, 6.07) is -0.938. The standard InChI is InChI=1S/C38H69N2O6P/c1-6-8-10-12-14-16-18-20-22-24-26-28-30-32-38(42)39-36(35-46-47(43,44)45-34-33-40(3,4)5)37(41)31-29-27-25-23-21-19-17-15-13-11-9-7-2/h13,15,20-23,26,28-29,31,36-37,41H,6-12,14,16-19,24-25,27,30,32-35H2,1-5H3,(H-,39,42,43,44)/b15-13+,22-20-,23-21+,28-26-,31-29+. The molecule has 0 aromatic carbocycles. The number of nitrogens with one attached hydrogen (secondary N) is 1. The number of phosphoric acid groups is 1. The van der Waals surface area contributed by atoms with Crippen LogP contribution in [0.4, 0.5) is 0 Å². The number of nitrogens with zero attached hydrogens (tertiary/aromatic N) is 1. The van der Waals surface area contributed by atoms with Crippen molar-refractivity contribution in [3.63, 3.8) is 0 Å². The summed E-state index contributed by atoms with van der Waals surface area (Å²) in [6.45, 7) is 4.46. The van der Waals surface area contributed by atoms with E-state index in [-0.39, 0.29) is 18.9 Å². The van der Waals surface area contributed by atoms with E-state index in [2.05, 4.69) is 55.6 Å². The Balaban J connectivity index is 4.76. The molecule has 0 aliphatic carbocycles. The van der Waals surface area contributed by atoms with Gasteiger partial charge in [-0.05, 0) is 57.8 Å². The Morgan fingerprint density at radius 3 is 1.91 bits per heavy atom. The van der Waals surface area contributed by atoms with Gasteiger partial charge in [0.2, 0.25) is 5.91 Å². The van der Waals surface area contributed by atoms with E-state index in [1.807, 2.05) is 39.4 Å².